The molecule has 0 saturated carbocycles. The number of ether oxygens (including phenoxy) is 2. The minimum Gasteiger partial charge on any atom is -0.550 e. The summed E-state index contributed by atoms with van der Waals surface area (Å²) in [5.74, 6) is -0.630. The van der Waals surface area contributed by atoms with E-state index >= 15 is 0 Å². The van der Waals surface area contributed by atoms with Gasteiger partial charge >= 0.3 is 45.5 Å². The van der Waals surface area contributed by atoms with Crippen LogP contribution in [0.15, 0.2) is 72.8 Å². The Morgan fingerprint density at radius 3 is 1.34 bits per heavy atom. The maximum absolute atomic E-state index is 10.6. The van der Waals surface area contributed by atoms with Gasteiger partial charge in [0.1, 0.15) is 11.5 Å². The van der Waals surface area contributed by atoms with Crippen molar-refractivity contribution >= 4 is 79.0 Å². The molecule has 0 aromatic heterocycles. The molecule has 0 bridgehead atoms. The van der Waals surface area contributed by atoms with Crippen LogP contribution in [0.1, 0.15) is 24.0 Å². The van der Waals surface area contributed by atoms with Crippen molar-refractivity contribution in [3.8, 4) is 11.5 Å². The van der Waals surface area contributed by atoms with Crippen molar-refractivity contribution in [2.24, 2.45) is 0 Å². The number of hydrogen-bond acceptors (Lipinski definition) is 6. The van der Waals surface area contributed by atoms with E-state index in [-0.39, 0.29) is 58.3 Å². The summed E-state index contributed by atoms with van der Waals surface area (Å²) in [5.41, 5.74) is 1.85. The third-order valence-corrected chi connectivity index (χ3v) is 5.59. The summed E-state index contributed by atoms with van der Waals surface area (Å²) < 4.78 is 10.5. The van der Waals surface area contributed by atoms with Crippen LogP contribution in [0.2, 0.25) is 0 Å². The number of carboxylic acids is 2. The molecule has 0 radical (unpaired) electrons. The molecule has 0 spiro atoms. The Kier molecular flexibility index (Phi) is 11.5. The normalized spacial score (nSPS) is 10.1. The van der Waals surface area contributed by atoms with Crippen molar-refractivity contribution in [2.75, 3.05) is 14.2 Å². The van der Waals surface area contributed by atoms with Gasteiger partial charge in [0.25, 0.3) is 0 Å². The van der Waals surface area contributed by atoms with E-state index in [0.29, 0.717) is 12.8 Å². The van der Waals surface area contributed by atoms with Crippen molar-refractivity contribution < 1.29 is 29.3 Å². The molecular weight excluding hydrogens is 520 g/mol. The van der Waals surface area contributed by atoms with Gasteiger partial charge < -0.3 is 29.3 Å². The van der Waals surface area contributed by atoms with Gasteiger partial charge in [-0.3, -0.25) is 0 Å². The monoisotopic (exact) mass is 546 g/mol. The number of hydrogen-bond donors (Lipinski definition) is 0. The first-order valence-corrected chi connectivity index (χ1v) is 10.9. The Balaban J connectivity index is 0.000000240. The SMILES string of the molecule is COc1ccc2ccccc2c1CCC(=O)[O-].COc1ccc2ccccc2c1CCC(=O)[O-].[Sr+2]. The second-order valence-corrected chi connectivity index (χ2v) is 7.68. The number of fused-ring (bicyclic) bond motifs is 2. The minimum atomic E-state index is -1.04. The van der Waals surface area contributed by atoms with Crippen molar-refractivity contribution in [1.29, 1.82) is 0 Å². The van der Waals surface area contributed by atoms with Crippen molar-refractivity contribution in [3.05, 3.63) is 83.9 Å². The van der Waals surface area contributed by atoms with Gasteiger partial charge in [0.15, 0.2) is 0 Å². The van der Waals surface area contributed by atoms with Gasteiger partial charge in [0.2, 0.25) is 0 Å². The van der Waals surface area contributed by atoms with Crippen LogP contribution in [0.5, 0.6) is 11.5 Å². The van der Waals surface area contributed by atoms with Crippen LogP contribution in [0.25, 0.3) is 21.5 Å². The molecular formula is C28H26O6Sr. The zero-order valence-electron chi connectivity index (χ0n) is 19.9. The van der Waals surface area contributed by atoms with E-state index in [1.165, 1.54) is 0 Å². The molecule has 0 saturated heterocycles. The maximum atomic E-state index is 10.6. The molecule has 0 aliphatic carbocycles. The molecule has 0 unspecified atom stereocenters. The Bertz CT molecular complexity index is 1200. The molecule has 176 valence electrons. The topological polar surface area (TPSA) is 98.7 Å². The quantitative estimate of drug-likeness (QED) is 0.316. The summed E-state index contributed by atoms with van der Waals surface area (Å²) in [6.07, 6.45) is 0.856. The molecule has 0 aliphatic heterocycles. The average Bonchev–Trinajstić information content (AvgIpc) is 2.85. The Labute approximate surface area is 241 Å². The average molecular weight is 546 g/mol. The number of carbonyl (C=O) groups is 2. The summed E-state index contributed by atoms with van der Waals surface area (Å²) in [6, 6.07) is 23.4. The van der Waals surface area contributed by atoms with Crippen molar-refractivity contribution in [3.63, 3.8) is 0 Å². The summed E-state index contributed by atoms with van der Waals surface area (Å²) in [5, 5.41) is 25.4. The van der Waals surface area contributed by atoms with Crippen LogP contribution in [0, 0.1) is 0 Å². The van der Waals surface area contributed by atoms with Crippen LogP contribution in [-0.4, -0.2) is 71.6 Å². The van der Waals surface area contributed by atoms with E-state index in [1.807, 2.05) is 72.8 Å². The van der Waals surface area contributed by atoms with Gasteiger partial charge in [0.05, 0.1) is 14.2 Å². The van der Waals surface area contributed by atoms with Gasteiger partial charge in [-0.25, -0.2) is 0 Å². The second kappa shape index (κ2) is 14.1. The molecule has 0 fully saturated rings. The third kappa shape index (κ3) is 7.70. The number of carbonyl (C=O) groups excluding carboxylic acids is 2. The van der Waals surface area contributed by atoms with Crippen LogP contribution in [0.3, 0.4) is 0 Å². The fraction of sp³-hybridized carbons (Fsp3) is 0.214. The van der Waals surface area contributed by atoms with E-state index in [9.17, 15) is 19.8 Å². The zero-order valence-corrected chi connectivity index (χ0v) is 23.4. The van der Waals surface area contributed by atoms with Gasteiger partial charge in [-0.05, 0) is 59.4 Å². The predicted octanol–water partition coefficient (Wildman–Crippen LogP) is 2.68. The summed E-state index contributed by atoms with van der Waals surface area (Å²) >= 11 is 0. The molecule has 0 N–H and O–H groups in total. The summed E-state index contributed by atoms with van der Waals surface area (Å²) in [4.78, 5) is 21.1. The smallest absolute Gasteiger partial charge is 0.550 e. The Hall–Kier alpha value is -2.58. The van der Waals surface area contributed by atoms with Gasteiger partial charge in [0, 0.05) is 23.1 Å². The first-order chi connectivity index (χ1) is 16.4. The van der Waals surface area contributed by atoms with E-state index in [0.717, 1.165) is 44.2 Å². The predicted molar refractivity (Wildman–Crippen MR) is 133 cm³/mol. The van der Waals surface area contributed by atoms with Gasteiger partial charge in [-0.2, -0.15) is 0 Å². The first kappa shape index (κ1) is 28.7. The van der Waals surface area contributed by atoms with Crippen LogP contribution < -0.4 is 19.7 Å². The van der Waals surface area contributed by atoms with E-state index in [1.54, 1.807) is 14.2 Å². The van der Waals surface area contributed by atoms with Crippen LogP contribution in [0.4, 0.5) is 0 Å². The van der Waals surface area contributed by atoms with E-state index < -0.39 is 11.9 Å². The zero-order chi connectivity index (χ0) is 24.5. The number of methoxy groups -OCH3 is 2. The number of aryl methyl sites for hydroxylation is 2. The molecule has 4 aromatic carbocycles. The number of aliphatic carboxylic acids is 2. The van der Waals surface area contributed by atoms with E-state index in [4.69, 9.17) is 9.47 Å². The summed E-state index contributed by atoms with van der Waals surface area (Å²) in [7, 11) is 3.18. The largest absolute Gasteiger partial charge is 2.00 e. The number of benzene rings is 4. The maximum Gasteiger partial charge on any atom is 2.00 e. The molecule has 7 heteroatoms. The molecule has 35 heavy (non-hydrogen) atoms. The molecule has 4 rings (SSSR count). The molecule has 0 heterocycles. The van der Waals surface area contributed by atoms with E-state index in [2.05, 4.69) is 0 Å². The van der Waals surface area contributed by atoms with Gasteiger partial charge in [-0.1, -0.05) is 60.7 Å². The fourth-order valence-electron chi connectivity index (χ4n) is 3.98. The Morgan fingerprint density at radius 1 is 0.629 bits per heavy atom. The van der Waals surface area contributed by atoms with Crippen LogP contribution in [-0.2, 0) is 22.4 Å². The molecule has 6 nitrogen and oxygen atoms in total. The molecule has 0 atom stereocenters. The van der Waals surface area contributed by atoms with Gasteiger partial charge in [-0.15, -0.1) is 0 Å². The minimum absolute atomic E-state index is 0. The first-order valence-electron chi connectivity index (χ1n) is 10.9. The standard InChI is InChI=1S/2C14H14O3.Sr/c2*1-17-13-8-6-10-4-2-3-5-11(10)12(13)7-9-14(15)16;/h2*2-6,8H,7,9H2,1H3,(H,15,16);/q;;+2/p-2. The van der Waals surface area contributed by atoms with Crippen LogP contribution >= 0.6 is 0 Å². The van der Waals surface area contributed by atoms with Crippen molar-refractivity contribution in [1.82, 2.24) is 0 Å². The molecule has 0 aliphatic rings. The number of carboxylic acid groups (broad SMARTS) is 2. The number of rotatable bonds is 8. The Morgan fingerprint density at radius 2 is 1.00 bits per heavy atom. The fourth-order valence-corrected chi connectivity index (χ4v) is 3.98. The summed E-state index contributed by atoms with van der Waals surface area (Å²) in [6.45, 7) is 0. The third-order valence-electron chi connectivity index (χ3n) is 5.59. The molecule has 0 amide bonds. The second-order valence-electron chi connectivity index (χ2n) is 7.68. The molecule has 4 aromatic rings. The van der Waals surface area contributed by atoms with Crippen molar-refractivity contribution in [2.45, 2.75) is 25.7 Å².